The fourth-order valence-electron chi connectivity index (χ4n) is 1.95. The van der Waals surface area contributed by atoms with Crippen LogP contribution in [0.2, 0.25) is 0 Å². The summed E-state index contributed by atoms with van der Waals surface area (Å²) in [6.07, 6.45) is 0.794. The smallest absolute Gasteiger partial charge is 0.251 e. The van der Waals surface area contributed by atoms with E-state index in [1.165, 1.54) is 0 Å². The van der Waals surface area contributed by atoms with Gasteiger partial charge in [-0.3, -0.25) is 4.79 Å². The van der Waals surface area contributed by atoms with Crippen LogP contribution >= 0.6 is 11.8 Å². The number of carbonyl (C=O) groups is 1. The highest BCUT2D eigenvalue weighted by atomic mass is 32.2. The average Bonchev–Trinajstić information content (AvgIpc) is 2.92. The van der Waals surface area contributed by atoms with Crippen molar-refractivity contribution >= 4 is 28.7 Å². The summed E-state index contributed by atoms with van der Waals surface area (Å²) in [7, 11) is 0. The second-order valence-electron chi connectivity index (χ2n) is 4.55. The van der Waals surface area contributed by atoms with Crippen LogP contribution in [-0.2, 0) is 6.54 Å². The van der Waals surface area contributed by atoms with Crippen molar-refractivity contribution in [2.24, 2.45) is 0 Å². The average molecular weight is 308 g/mol. The van der Waals surface area contributed by atoms with E-state index >= 15 is 0 Å². The highest BCUT2D eigenvalue weighted by Gasteiger charge is 2.09. The molecule has 0 radical (unpaired) electrons. The van der Waals surface area contributed by atoms with Gasteiger partial charge in [0, 0.05) is 31.0 Å². The predicted molar refractivity (Wildman–Crippen MR) is 84.6 cm³/mol. The first kappa shape index (κ1) is 15.8. The third-order valence-corrected chi connectivity index (χ3v) is 4.12. The number of hydrogen-bond donors (Lipinski definition) is 2. The lowest BCUT2D eigenvalue weighted by molar-refractivity contribution is 0.0956. The van der Waals surface area contributed by atoms with Gasteiger partial charge >= 0.3 is 0 Å². The van der Waals surface area contributed by atoms with E-state index in [4.69, 9.17) is 5.11 Å². The Balaban J connectivity index is 1.88. The highest BCUT2D eigenvalue weighted by molar-refractivity contribution is 7.99. The highest BCUT2D eigenvalue weighted by Crippen LogP contribution is 2.13. The van der Waals surface area contributed by atoms with Crippen molar-refractivity contribution in [2.75, 3.05) is 24.7 Å². The van der Waals surface area contributed by atoms with Crippen molar-refractivity contribution in [3.63, 3.8) is 0 Å². The quantitative estimate of drug-likeness (QED) is 0.719. The molecule has 6 nitrogen and oxygen atoms in total. The maximum absolute atomic E-state index is 12.0. The van der Waals surface area contributed by atoms with Gasteiger partial charge in [0.1, 0.15) is 5.52 Å². The number of benzene rings is 1. The van der Waals surface area contributed by atoms with Crippen molar-refractivity contribution in [3.8, 4) is 0 Å². The van der Waals surface area contributed by atoms with Crippen molar-refractivity contribution < 1.29 is 9.90 Å². The van der Waals surface area contributed by atoms with Crippen LogP contribution in [0.5, 0.6) is 0 Å². The molecule has 0 atom stereocenters. The Morgan fingerprint density at radius 1 is 1.43 bits per heavy atom. The lowest BCUT2D eigenvalue weighted by Crippen LogP contribution is -2.25. The van der Waals surface area contributed by atoms with Crippen molar-refractivity contribution in [1.29, 1.82) is 0 Å². The minimum absolute atomic E-state index is 0.0919. The number of carbonyl (C=O) groups excluding carboxylic acids is 1. The second-order valence-corrected chi connectivity index (χ2v) is 5.78. The number of aliphatic hydroxyl groups excluding tert-OH is 1. The van der Waals surface area contributed by atoms with Gasteiger partial charge in [-0.15, -0.1) is 5.10 Å². The number of nitrogens with zero attached hydrogens (tertiary/aromatic N) is 3. The molecule has 0 saturated heterocycles. The molecule has 0 aliphatic rings. The Bertz CT molecular complexity index is 600. The Morgan fingerprint density at radius 2 is 2.29 bits per heavy atom. The third-order valence-electron chi connectivity index (χ3n) is 3.05. The van der Waals surface area contributed by atoms with Gasteiger partial charge in [0.2, 0.25) is 0 Å². The molecule has 114 valence electrons. The molecular formula is C14H20N4O2S. The standard InChI is InChI=1S/C14H20N4O2S/c1-2-18-13-5-4-11(10-12(13)16-17-18)14(20)15-6-9-21-8-3-7-19/h4-5,10,19H,2-3,6-9H2,1H3,(H,15,20). The molecule has 0 aliphatic carbocycles. The van der Waals surface area contributed by atoms with Gasteiger partial charge < -0.3 is 10.4 Å². The zero-order valence-corrected chi connectivity index (χ0v) is 12.9. The monoisotopic (exact) mass is 308 g/mol. The van der Waals surface area contributed by atoms with E-state index in [-0.39, 0.29) is 12.5 Å². The van der Waals surface area contributed by atoms with Crippen LogP contribution in [0.15, 0.2) is 18.2 Å². The number of aromatic nitrogens is 3. The van der Waals surface area contributed by atoms with E-state index in [2.05, 4.69) is 15.6 Å². The first-order valence-corrected chi connectivity index (χ1v) is 8.21. The topological polar surface area (TPSA) is 80.0 Å². The maximum Gasteiger partial charge on any atom is 0.251 e. The molecule has 0 bridgehead atoms. The van der Waals surface area contributed by atoms with E-state index in [0.29, 0.717) is 12.1 Å². The molecule has 1 aromatic heterocycles. The molecule has 0 saturated carbocycles. The van der Waals surface area contributed by atoms with Gasteiger partial charge in [-0.2, -0.15) is 11.8 Å². The Hall–Kier alpha value is -1.60. The third kappa shape index (κ3) is 4.18. The summed E-state index contributed by atoms with van der Waals surface area (Å²) in [5.74, 6) is 1.67. The summed E-state index contributed by atoms with van der Waals surface area (Å²) in [5, 5.41) is 19.7. The molecular weight excluding hydrogens is 288 g/mol. The maximum atomic E-state index is 12.0. The summed E-state index contributed by atoms with van der Waals surface area (Å²) in [5.41, 5.74) is 2.28. The zero-order valence-electron chi connectivity index (χ0n) is 12.1. The number of aryl methyl sites for hydroxylation is 1. The van der Waals surface area contributed by atoms with Gasteiger partial charge in [0.25, 0.3) is 5.91 Å². The van der Waals surface area contributed by atoms with Crippen LogP contribution < -0.4 is 5.32 Å². The van der Waals surface area contributed by atoms with Crippen molar-refractivity contribution in [2.45, 2.75) is 19.9 Å². The normalized spacial score (nSPS) is 11.0. The first-order valence-electron chi connectivity index (χ1n) is 7.06. The number of aliphatic hydroxyl groups is 1. The first-order chi connectivity index (χ1) is 10.3. The van der Waals surface area contributed by atoms with Crippen molar-refractivity contribution in [1.82, 2.24) is 20.3 Å². The second kappa shape index (κ2) is 7.99. The van der Waals surface area contributed by atoms with Gasteiger partial charge in [0.05, 0.1) is 5.52 Å². The molecule has 21 heavy (non-hydrogen) atoms. The van der Waals surface area contributed by atoms with Crippen molar-refractivity contribution in [3.05, 3.63) is 23.8 Å². The summed E-state index contributed by atoms with van der Waals surface area (Å²) in [6.45, 7) is 3.60. The van der Waals surface area contributed by atoms with Crippen LogP contribution in [0.1, 0.15) is 23.7 Å². The molecule has 1 aromatic carbocycles. The van der Waals surface area contributed by atoms with Crippen LogP contribution in [0.25, 0.3) is 11.0 Å². The molecule has 1 heterocycles. The number of nitrogens with one attached hydrogen (secondary N) is 1. The Labute approximate surface area is 127 Å². The van der Waals surface area contributed by atoms with Gasteiger partial charge in [-0.1, -0.05) is 5.21 Å². The minimum Gasteiger partial charge on any atom is -0.396 e. The molecule has 7 heteroatoms. The van der Waals surface area contributed by atoms with E-state index in [9.17, 15) is 4.79 Å². The molecule has 2 rings (SSSR count). The molecule has 0 spiro atoms. The van der Waals surface area contributed by atoms with Crippen LogP contribution in [0.4, 0.5) is 0 Å². The van der Waals surface area contributed by atoms with Gasteiger partial charge in [-0.25, -0.2) is 4.68 Å². The van der Waals surface area contributed by atoms with Gasteiger partial charge in [0.15, 0.2) is 0 Å². The SMILES string of the molecule is CCn1nnc2cc(C(=O)NCCSCCCO)ccc21. The zero-order chi connectivity index (χ0) is 15.1. The largest absolute Gasteiger partial charge is 0.396 e. The molecule has 2 N–H and O–H groups in total. The van der Waals surface area contributed by atoms with E-state index in [1.54, 1.807) is 28.6 Å². The number of amides is 1. The number of rotatable bonds is 8. The fraction of sp³-hybridized carbons (Fsp3) is 0.500. The van der Waals surface area contributed by atoms with Crippen LogP contribution in [0.3, 0.4) is 0 Å². The summed E-state index contributed by atoms with van der Waals surface area (Å²) in [4.78, 5) is 12.0. The van der Waals surface area contributed by atoms with Crippen LogP contribution in [0, 0.1) is 0 Å². The molecule has 0 unspecified atom stereocenters. The molecule has 0 fully saturated rings. The predicted octanol–water partition coefficient (Wildman–Crippen LogP) is 1.30. The molecule has 0 aliphatic heterocycles. The minimum atomic E-state index is -0.0919. The Kier molecular flexibility index (Phi) is 6.01. The Morgan fingerprint density at radius 3 is 3.05 bits per heavy atom. The van der Waals surface area contributed by atoms with Crippen LogP contribution in [-0.4, -0.2) is 50.7 Å². The number of fused-ring (bicyclic) bond motifs is 1. The molecule has 1 amide bonds. The molecule has 2 aromatic rings. The lowest BCUT2D eigenvalue weighted by Gasteiger charge is -2.05. The number of hydrogen-bond acceptors (Lipinski definition) is 5. The summed E-state index contributed by atoms with van der Waals surface area (Å²) < 4.78 is 1.80. The summed E-state index contributed by atoms with van der Waals surface area (Å²) >= 11 is 1.72. The lowest BCUT2D eigenvalue weighted by atomic mass is 10.2. The van der Waals surface area contributed by atoms with E-state index in [0.717, 1.165) is 35.5 Å². The van der Waals surface area contributed by atoms with E-state index in [1.807, 2.05) is 13.0 Å². The van der Waals surface area contributed by atoms with E-state index < -0.39 is 0 Å². The fourth-order valence-corrected chi connectivity index (χ4v) is 2.74. The number of thioether (sulfide) groups is 1. The summed E-state index contributed by atoms with van der Waals surface area (Å²) in [6, 6.07) is 5.44. The van der Waals surface area contributed by atoms with Gasteiger partial charge in [-0.05, 0) is 37.3 Å².